The van der Waals surface area contributed by atoms with Gasteiger partial charge >= 0.3 is 5.97 Å². The molecule has 0 spiro atoms. The molecule has 0 unspecified atom stereocenters. The van der Waals surface area contributed by atoms with Crippen LogP contribution >= 0.6 is 15.9 Å². The summed E-state index contributed by atoms with van der Waals surface area (Å²) in [6.07, 6.45) is 0.905. The predicted octanol–water partition coefficient (Wildman–Crippen LogP) is 5.22. The summed E-state index contributed by atoms with van der Waals surface area (Å²) >= 11 is 3.39. The van der Waals surface area contributed by atoms with E-state index < -0.39 is 5.97 Å². The Balaban J connectivity index is 1.92. The lowest BCUT2D eigenvalue weighted by molar-refractivity contribution is 0.0663. The molecule has 26 heavy (non-hydrogen) atoms. The first kappa shape index (κ1) is 17.9. The molecule has 0 aliphatic heterocycles. The Morgan fingerprint density at radius 3 is 2.42 bits per heavy atom. The van der Waals surface area contributed by atoms with Gasteiger partial charge in [0.1, 0.15) is 5.76 Å². The van der Waals surface area contributed by atoms with Crippen LogP contribution in [0, 0.1) is 0 Å². The van der Waals surface area contributed by atoms with Crippen molar-refractivity contribution in [3.63, 3.8) is 0 Å². The van der Waals surface area contributed by atoms with Gasteiger partial charge in [-0.15, -0.1) is 0 Å². The third kappa shape index (κ3) is 3.86. The normalized spacial score (nSPS) is 10.5. The van der Waals surface area contributed by atoms with Crippen molar-refractivity contribution in [2.45, 2.75) is 13.3 Å². The monoisotopic (exact) mass is 413 g/mol. The van der Waals surface area contributed by atoms with E-state index in [1.807, 2.05) is 12.1 Å². The number of carbonyl (C=O) groups is 2. The van der Waals surface area contributed by atoms with Gasteiger partial charge in [0.2, 0.25) is 5.76 Å². The van der Waals surface area contributed by atoms with Gasteiger partial charge < -0.3 is 14.8 Å². The number of anilines is 1. The number of carboxylic acid groups (broad SMARTS) is 1. The minimum absolute atomic E-state index is 0.157. The summed E-state index contributed by atoms with van der Waals surface area (Å²) < 4.78 is 6.14. The first-order chi connectivity index (χ1) is 12.5. The number of aryl methyl sites for hydroxylation is 1. The molecule has 0 aliphatic carbocycles. The number of hydrogen-bond donors (Lipinski definition) is 2. The van der Waals surface area contributed by atoms with Crippen molar-refractivity contribution >= 4 is 33.5 Å². The van der Waals surface area contributed by atoms with Crippen molar-refractivity contribution in [2.75, 3.05) is 5.32 Å². The van der Waals surface area contributed by atoms with Crippen LogP contribution in [0.25, 0.3) is 11.3 Å². The number of amides is 1. The van der Waals surface area contributed by atoms with Crippen LogP contribution in [0.4, 0.5) is 5.69 Å². The number of furan rings is 1. The van der Waals surface area contributed by atoms with Crippen LogP contribution in [0.2, 0.25) is 0 Å². The summed E-state index contributed by atoms with van der Waals surface area (Å²) in [5.74, 6) is -1.19. The fourth-order valence-electron chi connectivity index (χ4n) is 2.52. The Bertz CT molecular complexity index is 960. The highest BCUT2D eigenvalue weighted by molar-refractivity contribution is 9.10. The van der Waals surface area contributed by atoms with Gasteiger partial charge in [0.05, 0.1) is 5.69 Å². The number of carboxylic acids is 1. The van der Waals surface area contributed by atoms with Crippen LogP contribution in [0.15, 0.2) is 63.5 Å². The fourth-order valence-corrected chi connectivity index (χ4v) is 2.88. The summed E-state index contributed by atoms with van der Waals surface area (Å²) in [5.41, 5.74) is 2.81. The number of aromatic carboxylic acids is 1. The Morgan fingerprint density at radius 2 is 1.81 bits per heavy atom. The molecule has 3 aromatic rings. The summed E-state index contributed by atoms with van der Waals surface area (Å²) in [6.45, 7) is 2.05. The van der Waals surface area contributed by atoms with Gasteiger partial charge in [-0.1, -0.05) is 35.0 Å². The van der Waals surface area contributed by atoms with Crippen LogP contribution in [0.3, 0.4) is 0 Å². The second-order valence-corrected chi connectivity index (χ2v) is 6.58. The quantitative estimate of drug-likeness (QED) is 0.600. The molecule has 0 saturated heterocycles. The second kappa shape index (κ2) is 7.58. The van der Waals surface area contributed by atoms with E-state index in [4.69, 9.17) is 9.52 Å². The molecule has 1 amide bonds. The lowest BCUT2D eigenvalue weighted by atomic mass is 10.1. The average molecular weight is 414 g/mol. The smallest absolute Gasteiger partial charge is 0.371 e. The van der Waals surface area contributed by atoms with Crippen molar-refractivity contribution in [3.05, 3.63) is 76.0 Å². The molecule has 3 rings (SSSR count). The van der Waals surface area contributed by atoms with Crippen LogP contribution < -0.4 is 5.32 Å². The van der Waals surface area contributed by atoms with Gasteiger partial charge in [-0.2, -0.15) is 0 Å². The molecule has 5 nitrogen and oxygen atoms in total. The Hall–Kier alpha value is -2.86. The number of nitrogens with one attached hydrogen (secondary N) is 1. The molecule has 0 saturated carbocycles. The van der Waals surface area contributed by atoms with Gasteiger partial charge in [0.25, 0.3) is 5.91 Å². The fraction of sp³-hybridized carbons (Fsp3) is 0.100. The number of halogens is 1. The highest BCUT2D eigenvalue weighted by Crippen LogP contribution is 2.32. The van der Waals surface area contributed by atoms with E-state index in [0.717, 1.165) is 16.5 Å². The summed E-state index contributed by atoms with van der Waals surface area (Å²) in [4.78, 5) is 23.6. The van der Waals surface area contributed by atoms with E-state index in [0.29, 0.717) is 22.6 Å². The Morgan fingerprint density at radius 1 is 1.08 bits per heavy atom. The van der Waals surface area contributed by atoms with Crippen molar-refractivity contribution in [3.8, 4) is 11.3 Å². The maximum absolute atomic E-state index is 12.6. The third-order valence-corrected chi connectivity index (χ3v) is 4.43. The van der Waals surface area contributed by atoms with Gasteiger partial charge in [-0.3, -0.25) is 4.79 Å². The van der Waals surface area contributed by atoms with Crippen molar-refractivity contribution in [1.29, 1.82) is 0 Å². The van der Waals surface area contributed by atoms with E-state index in [9.17, 15) is 9.59 Å². The largest absolute Gasteiger partial charge is 0.475 e. The SMILES string of the molecule is CCc1ccc(C(=O)Nc2cc(Br)ccc2-c2ccc(C(=O)O)o2)cc1. The van der Waals surface area contributed by atoms with Crippen molar-refractivity contribution in [1.82, 2.24) is 0 Å². The van der Waals surface area contributed by atoms with Gasteiger partial charge in [0.15, 0.2) is 0 Å². The van der Waals surface area contributed by atoms with Crippen LogP contribution in [0.5, 0.6) is 0 Å². The standard InChI is InChI=1S/C20H16BrNO4/c1-2-12-3-5-13(6-4-12)19(23)22-16-11-14(21)7-8-15(16)17-9-10-18(26-17)20(24)25/h3-11H,2H2,1H3,(H,22,23)(H,24,25). The lowest BCUT2D eigenvalue weighted by Crippen LogP contribution is -2.12. The van der Waals surface area contributed by atoms with E-state index in [2.05, 4.69) is 28.2 Å². The highest BCUT2D eigenvalue weighted by atomic mass is 79.9. The number of carbonyl (C=O) groups excluding carboxylic acids is 1. The van der Waals surface area contributed by atoms with E-state index in [1.165, 1.54) is 6.07 Å². The number of benzene rings is 2. The molecule has 0 atom stereocenters. The molecule has 2 aromatic carbocycles. The van der Waals surface area contributed by atoms with Gasteiger partial charge in [-0.25, -0.2) is 4.79 Å². The molecule has 0 radical (unpaired) electrons. The molecule has 0 fully saturated rings. The lowest BCUT2D eigenvalue weighted by Gasteiger charge is -2.11. The second-order valence-electron chi connectivity index (χ2n) is 5.66. The first-order valence-electron chi connectivity index (χ1n) is 8.01. The van der Waals surface area contributed by atoms with Crippen molar-refractivity contribution in [2.24, 2.45) is 0 Å². The maximum atomic E-state index is 12.6. The summed E-state index contributed by atoms with van der Waals surface area (Å²) in [7, 11) is 0. The van der Waals surface area contributed by atoms with E-state index in [-0.39, 0.29) is 11.7 Å². The summed E-state index contributed by atoms with van der Waals surface area (Å²) in [5, 5.41) is 11.9. The molecule has 1 heterocycles. The number of rotatable bonds is 5. The van der Waals surface area contributed by atoms with Gasteiger partial charge in [0, 0.05) is 15.6 Å². The van der Waals surface area contributed by atoms with Crippen LogP contribution in [0.1, 0.15) is 33.4 Å². The molecule has 132 valence electrons. The average Bonchev–Trinajstić information content (AvgIpc) is 3.12. The molecular weight excluding hydrogens is 398 g/mol. The highest BCUT2D eigenvalue weighted by Gasteiger charge is 2.16. The zero-order valence-corrected chi connectivity index (χ0v) is 15.5. The minimum Gasteiger partial charge on any atom is -0.475 e. The van der Waals surface area contributed by atoms with Crippen molar-refractivity contribution < 1.29 is 19.1 Å². The Labute approximate surface area is 158 Å². The third-order valence-electron chi connectivity index (χ3n) is 3.94. The number of hydrogen-bond acceptors (Lipinski definition) is 3. The molecule has 0 aliphatic rings. The summed E-state index contributed by atoms with van der Waals surface area (Å²) in [6, 6.07) is 15.6. The molecule has 2 N–H and O–H groups in total. The molecular formula is C20H16BrNO4. The van der Waals surface area contributed by atoms with Gasteiger partial charge in [-0.05, 0) is 54.4 Å². The van der Waals surface area contributed by atoms with Crippen LogP contribution in [-0.2, 0) is 6.42 Å². The first-order valence-corrected chi connectivity index (χ1v) is 8.80. The maximum Gasteiger partial charge on any atom is 0.371 e. The molecule has 6 heteroatoms. The van der Waals surface area contributed by atoms with E-state index >= 15 is 0 Å². The topological polar surface area (TPSA) is 79.5 Å². The zero-order chi connectivity index (χ0) is 18.7. The predicted molar refractivity (Wildman–Crippen MR) is 103 cm³/mol. The zero-order valence-electron chi connectivity index (χ0n) is 14.0. The molecule has 1 aromatic heterocycles. The Kier molecular flexibility index (Phi) is 5.23. The molecule has 0 bridgehead atoms. The van der Waals surface area contributed by atoms with E-state index in [1.54, 1.807) is 36.4 Å². The minimum atomic E-state index is -1.14. The van der Waals surface area contributed by atoms with Crippen LogP contribution in [-0.4, -0.2) is 17.0 Å².